The minimum atomic E-state index is -0.198. The lowest BCUT2D eigenvalue weighted by atomic mass is 9.93. The third-order valence-electron chi connectivity index (χ3n) is 2.99. The number of hydrogen-bond donors (Lipinski definition) is 0. The first-order valence-corrected chi connectivity index (χ1v) is 5.60. The van der Waals surface area contributed by atoms with E-state index in [1.165, 1.54) is 17.7 Å². The Morgan fingerprint density at radius 3 is 1.82 bits per heavy atom. The average Bonchev–Trinajstić information content (AvgIpc) is 2.39. The number of hydrogen-bond acceptors (Lipinski definition) is 1. The van der Waals surface area contributed by atoms with Gasteiger partial charge < -0.3 is 4.74 Å². The maximum Gasteiger partial charge on any atom is 0.123 e. The Morgan fingerprint density at radius 1 is 0.882 bits per heavy atom. The largest absolute Gasteiger partial charge is 0.497 e. The molecule has 0 aliphatic rings. The third kappa shape index (κ3) is 2.64. The van der Waals surface area contributed by atoms with Crippen molar-refractivity contribution in [2.24, 2.45) is 0 Å². The van der Waals surface area contributed by atoms with Gasteiger partial charge in [-0.3, -0.25) is 0 Å². The standard InChI is InChI=1S/C15H15FO/c1-11(12-3-7-14(16)8-4-12)13-5-9-15(17-2)10-6-13/h3-11H,1-2H3/t11-/m1/s1. The van der Waals surface area contributed by atoms with Crippen LogP contribution in [0, 0.1) is 5.82 Å². The van der Waals surface area contributed by atoms with E-state index in [1.54, 1.807) is 7.11 Å². The number of halogens is 1. The molecule has 17 heavy (non-hydrogen) atoms. The summed E-state index contributed by atoms with van der Waals surface area (Å²) < 4.78 is 18.0. The molecule has 0 radical (unpaired) electrons. The predicted molar refractivity (Wildman–Crippen MR) is 66.9 cm³/mol. The topological polar surface area (TPSA) is 9.23 Å². The predicted octanol–water partition coefficient (Wildman–Crippen LogP) is 3.99. The van der Waals surface area contributed by atoms with Gasteiger partial charge in [-0.05, 0) is 35.4 Å². The van der Waals surface area contributed by atoms with Crippen LogP contribution in [-0.4, -0.2) is 7.11 Å². The maximum atomic E-state index is 12.8. The van der Waals surface area contributed by atoms with Gasteiger partial charge in [-0.25, -0.2) is 4.39 Å². The van der Waals surface area contributed by atoms with E-state index >= 15 is 0 Å². The summed E-state index contributed by atoms with van der Waals surface area (Å²) >= 11 is 0. The fourth-order valence-electron chi connectivity index (χ4n) is 1.84. The van der Waals surface area contributed by atoms with E-state index in [4.69, 9.17) is 4.74 Å². The summed E-state index contributed by atoms with van der Waals surface area (Å²) in [6.07, 6.45) is 0. The third-order valence-corrected chi connectivity index (χ3v) is 2.99. The van der Waals surface area contributed by atoms with E-state index < -0.39 is 0 Å². The minimum Gasteiger partial charge on any atom is -0.497 e. The van der Waals surface area contributed by atoms with Crippen molar-refractivity contribution in [3.8, 4) is 5.75 Å². The SMILES string of the molecule is COc1ccc([C@H](C)c2ccc(F)cc2)cc1. The molecule has 0 aromatic heterocycles. The fourth-order valence-corrected chi connectivity index (χ4v) is 1.84. The summed E-state index contributed by atoms with van der Waals surface area (Å²) in [5.74, 6) is 0.900. The summed E-state index contributed by atoms with van der Waals surface area (Å²) in [5.41, 5.74) is 2.30. The van der Waals surface area contributed by atoms with Crippen LogP contribution in [0.4, 0.5) is 4.39 Å². The molecule has 2 aromatic rings. The second-order valence-corrected chi connectivity index (χ2v) is 4.05. The highest BCUT2D eigenvalue weighted by atomic mass is 19.1. The Hall–Kier alpha value is -1.83. The van der Waals surface area contributed by atoms with Crippen LogP contribution in [-0.2, 0) is 0 Å². The summed E-state index contributed by atoms with van der Waals surface area (Å²) in [6, 6.07) is 14.6. The second-order valence-electron chi connectivity index (χ2n) is 4.05. The van der Waals surface area contributed by atoms with Gasteiger partial charge in [-0.1, -0.05) is 31.2 Å². The lowest BCUT2D eigenvalue weighted by molar-refractivity contribution is 0.414. The fraction of sp³-hybridized carbons (Fsp3) is 0.200. The van der Waals surface area contributed by atoms with Crippen LogP contribution in [0.5, 0.6) is 5.75 Å². The molecule has 0 spiro atoms. The molecule has 1 nitrogen and oxygen atoms in total. The quantitative estimate of drug-likeness (QED) is 0.774. The van der Waals surface area contributed by atoms with Gasteiger partial charge in [0.05, 0.1) is 7.11 Å². The van der Waals surface area contributed by atoms with Crippen molar-refractivity contribution >= 4 is 0 Å². The molecule has 1 atom stereocenters. The van der Waals surface area contributed by atoms with Gasteiger partial charge in [0.1, 0.15) is 11.6 Å². The molecule has 0 N–H and O–H groups in total. The van der Waals surface area contributed by atoms with Gasteiger partial charge in [0.2, 0.25) is 0 Å². The normalized spacial score (nSPS) is 12.2. The zero-order chi connectivity index (χ0) is 12.3. The van der Waals surface area contributed by atoms with Crippen LogP contribution in [0.25, 0.3) is 0 Å². The first-order chi connectivity index (χ1) is 8.20. The zero-order valence-electron chi connectivity index (χ0n) is 9.98. The molecule has 0 heterocycles. The van der Waals surface area contributed by atoms with E-state index in [1.807, 2.05) is 36.4 Å². The van der Waals surface area contributed by atoms with Crippen LogP contribution in [0.2, 0.25) is 0 Å². The summed E-state index contributed by atoms with van der Waals surface area (Å²) in [4.78, 5) is 0. The zero-order valence-corrected chi connectivity index (χ0v) is 9.98. The molecule has 0 aliphatic carbocycles. The van der Waals surface area contributed by atoms with Crippen molar-refractivity contribution in [3.63, 3.8) is 0 Å². The highest BCUT2D eigenvalue weighted by Gasteiger charge is 2.08. The van der Waals surface area contributed by atoms with Crippen LogP contribution >= 0.6 is 0 Å². The highest BCUT2D eigenvalue weighted by Crippen LogP contribution is 2.25. The van der Waals surface area contributed by atoms with Crippen molar-refractivity contribution in [2.45, 2.75) is 12.8 Å². The van der Waals surface area contributed by atoms with Crippen LogP contribution in [0.15, 0.2) is 48.5 Å². The molecule has 0 saturated carbocycles. The van der Waals surface area contributed by atoms with E-state index in [0.717, 1.165) is 11.3 Å². The van der Waals surface area contributed by atoms with Crippen LogP contribution in [0.1, 0.15) is 24.0 Å². The summed E-state index contributed by atoms with van der Waals surface area (Å²) in [5, 5.41) is 0. The molecule has 0 bridgehead atoms. The molecule has 2 aromatic carbocycles. The number of benzene rings is 2. The second kappa shape index (κ2) is 5.00. The smallest absolute Gasteiger partial charge is 0.123 e. The molecule has 88 valence electrons. The molecular formula is C15H15FO. The maximum absolute atomic E-state index is 12.8. The van der Waals surface area contributed by atoms with Crippen molar-refractivity contribution in [1.82, 2.24) is 0 Å². The average molecular weight is 230 g/mol. The number of methoxy groups -OCH3 is 1. The van der Waals surface area contributed by atoms with Crippen LogP contribution in [0.3, 0.4) is 0 Å². The lowest BCUT2D eigenvalue weighted by Crippen LogP contribution is -1.96. The highest BCUT2D eigenvalue weighted by molar-refractivity contribution is 5.35. The molecule has 0 aliphatic heterocycles. The van der Waals surface area contributed by atoms with Crippen molar-refractivity contribution in [1.29, 1.82) is 0 Å². The van der Waals surface area contributed by atoms with Crippen molar-refractivity contribution in [3.05, 3.63) is 65.5 Å². The first kappa shape index (κ1) is 11.6. The molecule has 2 heteroatoms. The Balaban J connectivity index is 2.23. The lowest BCUT2D eigenvalue weighted by Gasteiger charge is -2.12. The van der Waals surface area contributed by atoms with E-state index in [2.05, 4.69) is 6.92 Å². The first-order valence-electron chi connectivity index (χ1n) is 5.60. The van der Waals surface area contributed by atoms with Crippen molar-refractivity contribution < 1.29 is 9.13 Å². The number of rotatable bonds is 3. The molecular weight excluding hydrogens is 215 g/mol. The van der Waals surface area contributed by atoms with Gasteiger partial charge in [0, 0.05) is 5.92 Å². The Labute approximate surface area is 101 Å². The molecule has 0 fully saturated rings. The molecule has 0 saturated heterocycles. The Kier molecular flexibility index (Phi) is 3.43. The molecule has 0 unspecified atom stereocenters. The monoisotopic (exact) mass is 230 g/mol. The minimum absolute atomic E-state index is 0.198. The Bertz CT molecular complexity index is 473. The Morgan fingerprint density at radius 2 is 1.35 bits per heavy atom. The van der Waals surface area contributed by atoms with Gasteiger partial charge in [-0.15, -0.1) is 0 Å². The summed E-state index contributed by atoms with van der Waals surface area (Å²) in [6.45, 7) is 2.11. The van der Waals surface area contributed by atoms with E-state index in [-0.39, 0.29) is 11.7 Å². The van der Waals surface area contributed by atoms with Gasteiger partial charge in [-0.2, -0.15) is 0 Å². The van der Waals surface area contributed by atoms with Crippen molar-refractivity contribution in [2.75, 3.05) is 7.11 Å². The van der Waals surface area contributed by atoms with E-state index in [9.17, 15) is 4.39 Å². The van der Waals surface area contributed by atoms with E-state index in [0.29, 0.717) is 0 Å². The molecule has 0 amide bonds. The summed E-state index contributed by atoms with van der Waals surface area (Å²) in [7, 11) is 1.65. The number of ether oxygens (including phenoxy) is 1. The molecule has 2 rings (SSSR count). The van der Waals surface area contributed by atoms with Crippen LogP contribution < -0.4 is 4.74 Å². The van der Waals surface area contributed by atoms with Gasteiger partial charge in [0.25, 0.3) is 0 Å². The van der Waals surface area contributed by atoms with Gasteiger partial charge in [0.15, 0.2) is 0 Å². The van der Waals surface area contributed by atoms with Gasteiger partial charge >= 0.3 is 0 Å².